The van der Waals surface area contributed by atoms with Crippen LogP contribution in [0.15, 0.2) is 18.2 Å². The van der Waals surface area contributed by atoms with E-state index in [1.807, 2.05) is 32.9 Å². The van der Waals surface area contributed by atoms with Crippen molar-refractivity contribution in [3.8, 4) is 6.07 Å². The molecule has 0 radical (unpaired) electrons. The molecule has 1 unspecified atom stereocenters. The van der Waals surface area contributed by atoms with Crippen molar-refractivity contribution < 1.29 is 4.79 Å². The number of anilines is 1. The molecule has 19 heavy (non-hydrogen) atoms. The maximum Gasteiger partial charge on any atom is 0.240 e. The minimum absolute atomic E-state index is 0.0164. The average Bonchev–Trinajstić information content (AvgIpc) is 2.36. The molecule has 0 bridgehead atoms. The second-order valence-corrected chi connectivity index (χ2v) is 5.73. The third kappa shape index (κ3) is 4.36. The van der Waals surface area contributed by atoms with Gasteiger partial charge in [-0.1, -0.05) is 28.9 Å². The summed E-state index contributed by atoms with van der Waals surface area (Å²) in [6.45, 7) is 6.41. The first-order chi connectivity index (χ1) is 8.99. The van der Waals surface area contributed by atoms with Gasteiger partial charge in [0.25, 0.3) is 0 Å². The summed E-state index contributed by atoms with van der Waals surface area (Å²) < 4.78 is 0. The molecule has 0 aromatic heterocycles. The summed E-state index contributed by atoms with van der Waals surface area (Å²) in [6.07, 6.45) is 1.06. The molecule has 0 fully saturated rings. The molecule has 1 aromatic carbocycles. The Bertz CT molecular complexity index is 473. The summed E-state index contributed by atoms with van der Waals surface area (Å²) in [5, 5.41) is 8.75. The molecule has 3 nitrogen and oxygen atoms in total. The molecule has 0 N–H and O–H groups in total. The highest BCUT2D eigenvalue weighted by molar-refractivity contribution is 9.10. The summed E-state index contributed by atoms with van der Waals surface area (Å²) in [4.78, 5) is 13.9. The Labute approximate surface area is 123 Å². The number of nitriles is 1. The second-order valence-electron chi connectivity index (χ2n) is 4.62. The second kappa shape index (κ2) is 7.30. The lowest BCUT2D eigenvalue weighted by molar-refractivity contribution is -0.118. The predicted molar refractivity (Wildman–Crippen MR) is 81.5 cm³/mol. The minimum atomic E-state index is -0.202. The van der Waals surface area contributed by atoms with E-state index in [-0.39, 0.29) is 10.7 Å². The molecule has 0 saturated carbocycles. The van der Waals surface area contributed by atoms with Crippen molar-refractivity contribution in [2.24, 2.45) is 0 Å². The number of nitrogens with zero attached hydrogens (tertiary/aromatic N) is 2. The highest BCUT2D eigenvalue weighted by Gasteiger charge is 2.22. The van der Waals surface area contributed by atoms with Gasteiger partial charge in [-0.25, -0.2) is 0 Å². The van der Waals surface area contributed by atoms with Gasteiger partial charge in [-0.15, -0.1) is 0 Å². The topological polar surface area (TPSA) is 44.1 Å². The Morgan fingerprint density at radius 2 is 1.95 bits per heavy atom. The maximum absolute atomic E-state index is 12.4. The smallest absolute Gasteiger partial charge is 0.240 e. The van der Waals surface area contributed by atoms with Crippen molar-refractivity contribution in [1.29, 1.82) is 5.26 Å². The quantitative estimate of drug-likeness (QED) is 0.775. The van der Waals surface area contributed by atoms with Crippen molar-refractivity contribution in [3.05, 3.63) is 29.3 Å². The first kappa shape index (κ1) is 15.7. The Morgan fingerprint density at radius 3 is 2.42 bits per heavy atom. The fourth-order valence-corrected chi connectivity index (χ4v) is 2.23. The largest absolute Gasteiger partial charge is 0.310 e. The van der Waals surface area contributed by atoms with Crippen molar-refractivity contribution in [2.75, 3.05) is 11.4 Å². The third-order valence-electron chi connectivity index (χ3n) is 2.86. The lowest BCUT2D eigenvalue weighted by Crippen LogP contribution is -2.37. The summed E-state index contributed by atoms with van der Waals surface area (Å²) in [5.41, 5.74) is 3.11. The number of halogens is 1. The average molecular weight is 323 g/mol. The van der Waals surface area contributed by atoms with E-state index >= 15 is 0 Å². The van der Waals surface area contributed by atoms with Gasteiger partial charge in [0.1, 0.15) is 0 Å². The maximum atomic E-state index is 12.4. The van der Waals surface area contributed by atoms with Crippen LogP contribution >= 0.6 is 15.9 Å². The molecular formula is C15H19BrN2O. The van der Waals surface area contributed by atoms with Crippen LogP contribution in [-0.4, -0.2) is 17.3 Å². The fraction of sp³-hybridized carbons (Fsp3) is 0.467. The standard InChI is InChI=1S/C15H19BrN2O/c1-4-14(16)15(19)18(7-5-6-17)13-9-11(2)8-12(3)10-13/h8-10,14H,4-5,7H2,1-3H3. The molecule has 1 amide bonds. The number of rotatable bonds is 5. The van der Waals surface area contributed by atoms with Crippen LogP contribution in [0.3, 0.4) is 0 Å². The van der Waals surface area contributed by atoms with Gasteiger partial charge in [-0.2, -0.15) is 5.26 Å². The van der Waals surface area contributed by atoms with Crippen molar-refractivity contribution in [2.45, 2.75) is 38.4 Å². The number of carbonyl (C=O) groups is 1. The lowest BCUT2D eigenvalue weighted by Gasteiger charge is -2.25. The fourth-order valence-electron chi connectivity index (χ4n) is 1.98. The van der Waals surface area contributed by atoms with Crippen molar-refractivity contribution >= 4 is 27.5 Å². The number of amides is 1. The van der Waals surface area contributed by atoms with E-state index in [9.17, 15) is 4.79 Å². The number of carbonyl (C=O) groups excluding carboxylic acids is 1. The summed E-state index contributed by atoms with van der Waals surface area (Å²) >= 11 is 3.39. The summed E-state index contributed by atoms with van der Waals surface area (Å²) in [5.74, 6) is 0.0164. The molecule has 0 aliphatic heterocycles. The van der Waals surface area contributed by atoms with Gasteiger partial charge < -0.3 is 4.90 Å². The molecule has 0 spiro atoms. The van der Waals surface area contributed by atoms with E-state index < -0.39 is 0 Å². The van der Waals surface area contributed by atoms with Gasteiger partial charge in [0.2, 0.25) is 5.91 Å². The van der Waals surface area contributed by atoms with Crippen molar-refractivity contribution in [3.63, 3.8) is 0 Å². The van der Waals surface area contributed by atoms with Crippen LogP contribution in [0.5, 0.6) is 0 Å². The SMILES string of the molecule is CCC(Br)C(=O)N(CCC#N)c1cc(C)cc(C)c1. The predicted octanol–water partition coefficient (Wildman–Crippen LogP) is 3.72. The Balaban J connectivity index is 3.08. The van der Waals surface area contributed by atoms with Crippen LogP contribution in [-0.2, 0) is 4.79 Å². The highest BCUT2D eigenvalue weighted by atomic mass is 79.9. The van der Waals surface area contributed by atoms with Gasteiger partial charge in [0, 0.05) is 12.2 Å². The van der Waals surface area contributed by atoms with E-state index in [0.717, 1.165) is 23.2 Å². The van der Waals surface area contributed by atoms with Crippen molar-refractivity contribution in [1.82, 2.24) is 0 Å². The first-order valence-corrected chi connectivity index (χ1v) is 7.31. The van der Waals surface area contributed by atoms with Gasteiger partial charge in [-0.3, -0.25) is 4.79 Å². The molecule has 0 heterocycles. The van der Waals surface area contributed by atoms with E-state index in [0.29, 0.717) is 13.0 Å². The van der Waals surface area contributed by atoms with Gasteiger partial charge in [-0.05, 0) is 43.5 Å². The number of alkyl halides is 1. The Morgan fingerprint density at radius 1 is 1.37 bits per heavy atom. The monoisotopic (exact) mass is 322 g/mol. The zero-order valence-electron chi connectivity index (χ0n) is 11.6. The number of benzene rings is 1. The molecule has 1 aromatic rings. The summed E-state index contributed by atoms with van der Waals surface area (Å²) in [6, 6.07) is 8.14. The molecule has 0 aliphatic rings. The molecule has 4 heteroatoms. The third-order valence-corrected chi connectivity index (χ3v) is 3.90. The normalized spacial score (nSPS) is 11.7. The molecule has 1 atom stereocenters. The number of hydrogen-bond acceptors (Lipinski definition) is 2. The molecular weight excluding hydrogens is 304 g/mol. The first-order valence-electron chi connectivity index (χ1n) is 6.40. The Kier molecular flexibility index (Phi) is 6.04. The van der Waals surface area contributed by atoms with Gasteiger partial charge in [0.05, 0.1) is 17.3 Å². The highest BCUT2D eigenvalue weighted by Crippen LogP contribution is 2.22. The zero-order chi connectivity index (χ0) is 14.4. The van der Waals surface area contributed by atoms with Crippen LogP contribution in [0.1, 0.15) is 30.9 Å². The van der Waals surface area contributed by atoms with Crippen LogP contribution in [0, 0.1) is 25.2 Å². The van der Waals surface area contributed by atoms with Gasteiger partial charge in [0.15, 0.2) is 0 Å². The Hall–Kier alpha value is -1.34. The van der Waals surface area contributed by atoms with Crippen LogP contribution in [0.25, 0.3) is 0 Å². The zero-order valence-corrected chi connectivity index (χ0v) is 13.2. The van der Waals surface area contributed by atoms with E-state index in [1.165, 1.54) is 0 Å². The van der Waals surface area contributed by atoms with Crippen LogP contribution < -0.4 is 4.90 Å². The molecule has 102 valence electrons. The van der Waals surface area contributed by atoms with E-state index in [1.54, 1.807) is 4.90 Å². The van der Waals surface area contributed by atoms with E-state index in [2.05, 4.69) is 28.1 Å². The molecule has 1 rings (SSSR count). The molecule has 0 aliphatic carbocycles. The van der Waals surface area contributed by atoms with E-state index in [4.69, 9.17) is 5.26 Å². The number of aryl methyl sites for hydroxylation is 2. The van der Waals surface area contributed by atoms with Gasteiger partial charge >= 0.3 is 0 Å². The minimum Gasteiger partial charge on any atom is -0.310 e. The molecule has 0 saturated heterocycles. The number of hydrogen-bond donors (Lipinski definition) is 0. The lowest BCUT2D eigenvalue weighted by atomic mass is 10.1. The van der Waals surface area contributed by atoms with Crippen LogP contribution in [0.4, 0.5) is 5.69 Å². The summed E-state index contributed by atoms with van der Waals surface area (Å²) in [7, 11) is 0. The van der Waals surface area contributed by atoms with Crippen LogP contribution in [0.2, 0.25) is 0 Å².